The minimum absolute atomic E-state index is 0.0146. The van der Waals surface area contributed by atoms with E-state index in [-0.39, 0.29) is 23.4 Å². The summed E-state index contributed by atoms with van der Waals surface area (Å²) in [6.07, 6.45) is -0.996. The van der Waals surface area contributed by atoms with Gasteiger partial charge < -0.3 is 29.5 Å². The summed E-state index contributed by atoms with van der Waals surface area (Å²) in [4.78, 5) is 71.6. The second-order valence-electron chi connectivity index (χ2n) is 9.31. The molecule has 0 amide bonds. The second kappa shape index (κ2) is 12.7. The number of anilines is 1. The Labute approximate surface area is 228 Å². The summed E-state index contributed by atoms with van der Waals surface area (Å²) in [5.41, 5.74) is 7.00. The van der Waals surface area contributed by atoms with Crippen LogP contribution in [-0.2, 0) is 33.4 Å². The molecule has 0 radical (unpaired) electrons. The van der Waals surface area contributed by atoms with Gasteiger partial charge in [0.2, 0.25) is 0 Å². The van der Waals surface area contributed by atoms with Crippen molar-refractivity contribution in [3.8, 4) is 0 Å². The van der Waals surface area contributed by atoms with Crippen molar-refractivity contribution in [2.24, 2.45) is 5.73 Å². The van der Waals surface area contributed by atoms with E-state index in [1.54, 1.807) is 12.1 Å². The third-order valence-corrected chi connectivity index (χ3v) is 6.26. The Morgan fingerprint density at radius 2 is 1.75 bits per heavy atom. The van der Waals surface area contributed by atoms with Crippen LogP contribution in [0.5, 0.6) is 0 Å². The Kier molecular flexibility index (Phi) is 9.11. The van der Waals surface area contributed by atoms with Gasteiger partial charge in [-0.15, -0.1) is 0 Å². The lowest BCUT2D eigenvalue weighted by atomic mass is 10.0. The number of hydrogen-bond acceptors (Lipinski definition) is 13. The van der Waals surface area contributed by atoms with Crippen LogP contribution >= 0.6 is 0 Å². The van der Waals surface area contributed by atoms with Crippen molar-refractivity contribution in [2.45, 2.75) is 70.1 Å². The molecule has 3 N–H and O–H groups in total. The molecule has 0 aliphatic carbocycles. The van der Waals surface area contributed by atoms with Crippen LogP contribution in [0, 0.1) is 0 Å². The fourth-order valence-electron chi connectivity index (χ4n) is 4.19. The molecule has 40 heavy (non-hydrogen) atoms. The Hall–Kier alpha value is -4.30. The predicted molar refractivity (Wildman–Crippen MR) is 136 cm³/mol. The minimum atomic E-state index is -1.31. The van der Waals surface area contributed by atoms with Crippen LogP contribution in [0.3, 0.4) is 0 Å². The first kappa shape index (κ1) is 28.7. The fraction of sp³-hybridized carbons (Fsp3) is 0.462. The number of benzene rings is 1. The Morgan fingerprint density at radius 3 is 2.38 bits per heavy atom. The van der Waals surface area contributed by atoms with Gasteiger partial charge in [-0.3, -0.25) is 9.36 Å². The van der Waals surface area contributed by atoms with Gasteiger partial charge in [0.15, 0.2) is 24.3 Å². The fourth-order valence-corrected chi connectivity index (χ4v) is 4.19. The standard InChI is InChI=1S/C26H30N4O10/c1-3-4-5-10-19(31)40-29-18-11-12-30(26(35)28-18)22-21-20(17(37-22)13-36-23(32)14(2)27)38-24(33)15-8-6-7-9-16(15)25(34)39-21/h6-9,11-12,14,17,20-22H,3-5,10,13,27H2,1-2H3,(H,28,29,35)/t14-,17+,20+,21+,22+/m0/s1. The van der Waals surface area contributed by atoms with Crippen molar-refractivity contribution in [2.75, 3.05) is 12.1 Å². The van der Waals surface area contributed by atoms with Crippen molar-refractivity contribution >= 4 is 29.7 Å². The Bertz CT molecular complexity index is 1330. The molecule has 2 aliphatic heterocycles. The van der Waals surface area contributed by atoms with Crippen LogP contribution in [0.1, 0.15) is 66.5 Å². The number of aromatic nitrogens is 2. The normalized spacial score (nSPS) is 22.5. The lowest BCUT2D eigenvalue weighted by Gasteiger charge is -2.27. The third kappa shape index (κ3) is 6.46. The first-order valence-electron chi connectivity index (χ1n) is 12.8. The van der Waals surface area contributed by atoms with E-state index in [2.05, 4.69) is 10.5 Å². The van der Waals surface area contributed by atoms with Crippen LogP contribution < -0.4 is 16.9 Å². The second-order valence-corrected chi connectivity index (χ2v) is 9.31. The van der Waals surface area contributed by atoms with Gasteiger partial charge in [-0.05, 0) is 25.5 Å². The Morgan fingerprint density at radius 1 is 1.07 bits per heavy atom. The summed E-state index contributed by atoms with van der Waals surface area (Å²) in [6, 6.07) is 6.35. The van der Waals surface area contributed by atoms with Gasteiger partial charge in [0.05, 0.1) is 11.1 Å². The van der Waals surface area contributed by atoms with Gasteiger partial charge in [-0.25, -0.2) is 24.7 Å². The van der Waals surface area contributed by atoms with Crippen LogP contribution in [0.4, 0.5) is 5.82 Å². The number of hydrogen-bond donors (Lipinski definition) is 2. The van der Waals surface area contributed by atoms with Gasteiger partial charge >= 0.3 is 29.6 Å². The average Bonchev–Trinajstić information content (AvgIpc) is 3.25. The molecule has 1 aromatic heterocycles. The van der Waals surface area contributed by atoms with E-state index >= 15 is 0 Å². The molecule has 1 aromatic carbocycles. The highest BCUT2D eigenvalue weighted by atomic mass is 16.7. The third-order valence-electron chi connectivity index (χ3n) is 6.26. The smallest absolute Gasteiger partial charge is 0.351 e. The zero-order valence-electron chi connectivity index (χ0n) is 21.9. The number of esters is 3. The maximum Gasteiger partial charge on any atom is 0.351 e. The summed E-state index contributed by atoms with van der Waals surface area (Å²) < 4.78 is 23.5. The molecule has 2 aromatic rings. The number of nitrogens with two attached hydrogens (primary N) is 1. The number of ether oxygens (including phenoxy) is 4. The van der Waals surface area contributed by atoms with E-state index in [1.165, 1.54) is 31.3 Å². The molecule has 14 nitrogen and oxygen atoms in total. The number of carbonyl (C=O) groups is 4. The molecular weight excluding hydrogens is 528 g/mol. The highest BCUT2D eigenvalue weighted by Gasteiger charge is 2.52. The van der Waals surface area contributed by atoms with E-state index in [0.29, 0.717) is 6.42 Å². The molecular formula is C26H30N4O10. The van der Waals surface area contributed by atoms with E-state index < -0.39 is 66.8 Å². The molecule has 2 aliphatic rings. The van der Waals surface area contributed by atoms with E-state index in [0.717, 1.165) is 17.4 Å². The molecule has 5 atom stereocenters. The van der Waals surface area contributed by atoms with Crippen molar-refractivity contribution in [3.63, 3.8) is 0 Å². The monoisotopic (exact) mass is 558 g/mol. The zero-order chi connectivity index (χ0) is 28.8. The molecule has 214 valence electrons. The van der Waals surface area contributed by atoms with Crippen molar-refractivity contribution < 1.29 is 43.0 Å². The van der Waals surface area contributed by atoms with Crippen LogP contribution in [-0.4, -0.2) is 64.4 Å². The number of unbranched alkanes of at least 4 members (excludes halogenated alkanes) is 2. The summed E-state index contributed by atoms with van der Waals surface area (Å²) in [7, 11) is 0. The maximum atomic E-state index is 13.0. The molecule has 0 saturated carbocycles. The van der Waals surface area contributed by atoms with E-state index in [4.69, 9.17) is 29.5 Å². The van der Waals surface area contributed by atoms with Gasteiger partial charge in [0.1, 0.15) is 18.8 Å². The van der Waals surface area contributed by atoms with E-state index in [1.807, 2.05) is 6.92 Å². The number of nitrogens with zero attached hydrogens (tertiary/aromatic N) is 2. The van der Waals surface area contributed by atoms with Crippen molar-refractivity contribution in [1.82, 2.24) is 9.55 Å². The molecule has 1 saturated heterocycles. The summed E-state index contributed by atoms with van der Waals surface area (Å²) >= 11 is 0. The Balaban J connectivity index is 1.58. The zero-order valence-corrected chi connectivity index (χ0v) is 21.9. The van der Waals surface area contributed by atoms with Gasteiger partial charge in [-0.1, -0.05) is 31.9 Å². The number of fused-ring (bicyclic) bond motifs is 2. The largest absolute Gasteiger partial charge is 0.462 e. The van der Waals surface area contributed by atoms with E-state index in [9.17, 15) is 24.0 Å². The summed E-state index contributed by atoms with van der Waals surface area (Å²) in [5.74, 6) is -2.94. The molecule has 4 rings (SSSR count). The average molecular weight is 559 g/mol. The van der Waals surface area contributed by atoms with Crippen LogP contribution in [0.15, 0.2) is 41.3 Å². The van der Waals surface area contributed by atoms with Gasteiger partial charge in [0.25, 0.3) is 0 Å². The summed E-state index contributed by atoms with van der Waals surface area (Å²) in [5, 5.41) is 0. The molecule has 1 fully saturated rings. The van der Waals surface area contributed by atoms with Gasteiger partial charge in [-0.2, -0.15) is 4.98 Å². The molecule has 0 bridgehead atoms. The summed E-state index contributed by atoms with van der Waals surface area (Å²) in [6.45, 7) is 3.04. The van der Waals surface area contributed by atoms with Crippen LogP contribution in [0.25, 0.3) is 0 Å². The van der Waals surface area contributed by atoms with Crippen molar-refractivity contribution in [1.29, 1.82) is 0 Å². The molecule has 14 heteroatoms. The number of nitrogens with one attached hydrogen (secondary N) is 1. The SMILES string of the molecule is CCCCCC(=O)ONc1ccn([C@@H]2O[C@H](COC(=O)[C@H](C)N)[C@H]3OC(=O)c4ccccc4C(=O)O[C@H]32)c(=O)n1. The minimum Gasteiger partial charge on any atom is -0.462 e. The quantitative estimate of drug-likeness (QED) is 0.184. The number of rotatable bonds is 10. The van der Waals surface area contributed by atoms with Gasteiger partial charge in [0, 0.05) is 18.7 Å². The molecule has 3 heterocycles. The lowest BCUT2D eigenvalue weighted by molar-refractivity contribution is -0.151. The highest BCUT2D eigenvalue weighted by Crippen LogP contribution is 2.36. The highest BCUT2D eigenvalue weighted by molar-refractivity contribution is 6.03. The number of carbonyl (C=O) groups excluding carboxylic acids is 4. The predicted octanol–water partition coefficient (Wildman–Crippen LogP) is 1.25. The first-order valence-corrected chi connectivity index (χ1v) is 12.8. The topological polar surface area (TPSA) is 187 Å². The van der Waals surface area contributed by atoms with Crippen LogP contribution in [0.2, 0.25) is 0 Å². The molecule has 0 unspecified atom stereocenters. The maximum absolute atomic E-state index is 13.0. The first-order chi connectivity index (χ1) is 19.2. The van der Waals surface area contributed by atoms with Crippen molar-refractivity contribution in [3.05, 3.63) is 58.1 Å². The molecule has 0 spiro atoms. The lowest BCUT2D eigenvalue weighted by Crippen LogP contribution is -2.44.